The van der Waals surface area contributed by atoms with Gasteiger partial charge in [-0.2, -0.15) is 4.68 Å². The highest BCUT2D eigenvalue weighted by atomic mass is 35.5. The van der Waals surface area contributed by atoms with E-state index in [0.717, 1.165) is 32.5 Å². The second kappa shape index (κ2) is 6.90. The van der Waals surface area contributed by atoms with Crippen molar-refractivity contribution in [2.45, 2.75) is 18.9 Å². The van der Waals surface area contributed by atoms with Gasteiger partial charge in [0.2, 0.25) is 0 Å². The zero-order valence-corrected chi connectivity index (χ0v) is 15.4. The fourth-order valence-electron chi connectivity index (χ4n) is 3.92. The first-order chi connectivity index (χ1) is 13.0. The molecule has 1 aromatic carbocycles. The molecule has 3 aliphatic rings. The van der Waals surface area contributed by atoms with Crippen LogP contribution < -0.4 is 15.8 Å². The molecule has 1 amide bonds. The second-order valence-corrected chi connectivity index (χ2v) is 7.19. The Hall–Kier alpha value is -2.52. The number of aromatic nitrogens is 2. The van der Waals surface area contributed by atoms with Gasteiger partial charge in [0, 0.05) is 12.6 Å². The Balaban J connectivity index is 1.71. The summed E-state index contributed by atoms with van der Waals surface area (Å²) in [7, 11) is 1.43. The Morgan fingerprint density at radius 2 is 2.15 bits per heavy atom. The van der Waals surface area contributed by atoms with Gasteiger partial charge in [-0.25, -0.2) is 9.59 Å². The van der Waals surface area contributed by atoms with Gasteiger partial charge in [-0.15, -0.1) is 5.10 Å². The van der Waals surface area contributed by atoms with Crippen LogP contribution in [0.25, 0.3) is 11.5 Å². The number of rotatable bonds is 4. The van der Waals surface area contributed by atoms with Crippen molar-refractivity contribution in [2.75, 3.05) is 32.1 Å². The predicted molar refractivity (Wildman–Crippen MR) is 97.6 cm³/mol. The zero-order valence-electron chi connectivity index (χ0n) is 14.6. The van der Waals surface area contributed by atoms with Crippen LogP contribution in [-0.2, 0) is 0 Å². The molecule has 5 rings (SSSR count). The number of methoxy groups -OCH3 is 1. The Morgan fingerprint density at radius 3 is 2.74 bits per heavy atom. The van der Waals surface area contributed by atoms with E-state index in [9.17, 15) is 9.59 Å². The summed E-state index contributed by atoms with van der Waals surface area (Å²) in [5.74, 6) is 0.287. The lowest BCUT2D eigenvalue weighted by Crippen LogP contribution is -2.49. The minimum atomic E-state index is -1.25. The van der Waals surface area contributed by atoms with E-state index < -0.39 is 11.8 Å². The van der Waals surface area contributed by atoms with Crippen molar-refractivity contribution in [1.29, 1.82) is 0 Å². The molecule has 3 saturated heterocycles. The molecule has 0 spiro atoms. The van der Waals surface area contributed by atoms with Crippen LogP contribution in [0.15, 0.2) is 21.3 Å². The molecule has 1 atom stereocenters. The minimum absolute atomic E-state index is 0.00748. The molecule has 0 unspecified atom stereocenters. The van der Waals surface area contributed by atoms with E-state index in [0.29, 0.717) is 17.2 Å². The third-order valence-corrected chi connectivity index (χ3v) is 5.58. The minimum Gasteiger partial charge on any atom is -0.496 e. The van der Waals surface area contributed by atoms with Gasteiger partial charge < -0.3 is 19.2 Å². The van der Waals surface area contributed by atoms with Crippen LogP contribution in [0.5, 0.6) is 5.75 Å². The van der Waals surface area contributed by atoms with Crippen molar-refractivity contribution in [1.82, 2.24) is 14.7 Å². The standard InChI is InChI=1S/C17H19ClN4O5/c1-26-14-7-12(19-16(23)24)11(18)6-10(14)15-20-22(17(25)27-15)13-8-21-4-2-9(13)3-5-21/h6-7,9,13,19H,2-5,8H2,1H3,(H,23,24)/t13-/m1/s1. The molecule has 0 saturated carbocycles. The number of anilines is 1. The third-order valence-electron chi connectivity index (χ3n) is 5.27. The number of nitrogens with zero attached hydrogens (tertiary/aromatic N) is 3. The van der Waals surface area contributed by atoms with Gasteiger partial charge in [0.1, 0.15) is 5.75 Å². The Morgan fingerprint density at radius 1 is 1.41 bits per heavy atom. The number of nitrogens with one attached hydrogen (secondary N) is 1. The van der Waals surface area contributed by atoms with Crippen molar-refractivity contribution in [2.24, 2.45) is 5.92 Å². The summed E-state index contributed by atoms with van der Waals surface area (Å²) in [6.45, 7) is 2.90. The fraction of sp³-hybridized carbons (Fsp3) is 0.471. The van der Waals surface area contributed by atoms with Gasteiger partial charge in [-0.1, -0.05) is 11.6 Å². The first-order valence-corrected chi connectivity index (χ1v) is 9.04. The Labute approximate surface area is 159 Å². The third kappa shape index (κ3) is 3.28. The topological polar surface area (TPSA) is 110 Å². The van der Waals surface area contributed by atoms with Crippen molar-refractivity contribution in [3.63, 3.8) is 0 Å². The quantitative estimate of drug-likeness (QED) is 0.819. The fourth-order valence-corrected chi connectivity index (χ4v) is 4.13. The molecule has 27 heavy (non-hydrogen) atoms. The number of carbonyl (C=O) groups is 1. The van der Waals surface area contributed by atoms with Crippen molar-refractivity contribution in [3.8, 4) is 17.2 Å². The van der Waals surface area contributed by atoms with E-state index >= 15 is 0 Å². The van der Waals surface area contributed by atoms with Gasteiger partial charge in [0.25, 0.3) is 5.89 Å². The average Bonchev–Trinajstić information content (AvgIpc) is 3.05. The SMILES string of the molecule is COc1cc(NC(=O)O)c(Cl)cc1-c1nn([C@@H]2CN3CCC2CC3)c(=O)o1. The number of piperidine rings is 3. The highest BCUT2D eigenvalue weighted by Gasteiger charge is 2.37. The second-order valence-electron chi connectivity index (χ2n) is 6.79. The summed E-state index contributed by atoms with van der Waals surface area (Å²) in [5, 5.41) is 15.6. The monoisotopic (exact) mass is 394 g/mol. The largest absolute Gasteiger partial charge is 0.496 e. The van der Waals surface area contributed by atoms with Crippen molar-refractivity contribution < 1.29 is 19.1 Å². The van der Waals surface area contributed by atoms with E-state index in [1.54, 1.807) is 0 Å². The number of amides is 1. The Kier molecular flexibility index (Phi) is 4.56. The summed E-state index contributed by atoms with van der Waals surface area (Å²) >= 11 is 6.16. The maximum Gasteiger partial charge on any atom is 0.437 e. The average molecular weight is 395 g/mol. The molecule has 1 aromatic heterocycles. The summed E-state index contributed by atoms with van der Waals surface area (Å²) < 4.78 is 12.1. The smallest absolute Gasteiger partial charge is 0.437 e. The highest BCUT2D eigenvalue weighted by Crippen LogP contribution is 2.38. The maximum atomic E-state index is 12.4. The molecule has 2 aromatic rings. The number of carboxylic acid groups (broad SMARTS) is 1. The normalized spacial score (nSPS) is 24.0. The lowest BCUT2D eigenvalue weighted by atomic mass is 9.84. The molecule has 3 fully saturated rings. The molecular weight excluding hydrogens is 376 g/mol. The first-order valence-electron chi connectivity index (χ1n) is 8.66. The summed E-state index contributed by atoms with van der Waals surface area (Å²) in [4.78, 5) is 25.6. The first kappa shape index (κ1) is 17.9. The molecule has 144 valence electrons. The van der Waals surface area contributed by atoms with Crippen LogP contribution in [0.2, 0.25) is 5.02 Å². The van der Waals surface area contributed by atoms with E-state index in [2.05, 4.69) is 15.3 Å². The number of fused-ring (bicyclic) bond motifs is 3. The number of hydrogen-bond donors (Lipinski definition) is 2. The van der Waals surface area contributed by atoms with Crippen LogP contribution in [-0.4, -0.2) is 52.6 Å². The highest BCUT2D eigenvalue weighted by molar-refractivity contribution is 6.34. The van der Waals surface area contributed by atoms with Crippen molar-refractivity contribution >= 4 is 23.4 Å². The van der Waals surface area contributed by atoms with Crippen LogP contribution >= 0.6 is 11.6 Å². The maximum absolute atomic E-state index is 12.4. The number of hydrogen-bond acceptors (Lipinski definition) is 6. The molecule has 9 nitrogen and oxygen atoms in total. The molecule has 10 heteroatoms. The Bertz CT molecular complexity index is 932. The van der Waals surface area contributed by atoms with E-state index in [1.807, 2.05) is 0 Å². The van der Waals surface area contributed by atoms with Crippen LogP contribution in [0, 0.1) is 5.92 Å². The molecule has 2 bridgehead atoms. The van der Waals surface area contributed by atoms with Gasteiger partial charge in [-0.3, -0.25) is 5.32 Å². The number of halogens is 1. The molecule has 3 aliphatic heterocycles. The van der Waals surface area contributed by atoms with Gasteiger partial charge in [-0.05, 0) is 37.9 Å². The zero-order chi connectivity index (χ0) is 19.1. The molecule has 0 radical (unpaired) electrons. The van der Waals surface area contributed by atoms with Crippen molar-refractivity contribution in [3.05, 3.63) is 27.7 Å². The van der Waals surface area contributed by atoms with Crippen LogP contribution in [0.3, 0.4) is 0 Å². The molecule has 2 N–H and O–H groups in total. The summed E-state index contributed by atoms with van der Waals surface area (Å²) in [6, 6.07) is 2.89. The predicted octanol–water partition coefficient (Wildman–Crippen LogP) is 2.52. The summed E-state index contributed by atoms with van der Waals surface area (Å²) in [6.07, 6.45) is 0.846. The lowest BCUT2D eigenvalue weighted by molar-refractivity contribution is 0.0482. The van der Waals surface area contributed by atoms with Crippen LogP contribution in [0.4, 0.5) is 10.5 Å². The van der Waals surface area contributed by atoms with E-state index in [1.165, 1.54) is 23.9 Å². The van der Waals surface area contributed by atoms with Gasteiger partial charge in [0.15, 0.2) is 0 Å². The van der Waals surface area contributed by atoms with E-state index in [4.69, 9.17) is 25.9 Å². The lowest BCUT2D eigenvalue weighted by Gasteiger charge is -2.43. The summed E-state index contributed by atoms with van der Waals surface area (Å²) in [5.41, 5.74) is 0.555. The molecule has 0 aliphatic carbocycles. The number of ether oxygens (including phenoxy) is 1. The number of benzene rings is 1. The molecular formula is C17H19ClN4O5. The van der Waals surface area contributed by atoms with E-state index in [-0.39, 0.29) is 22.6 Å². The van der Waals surface area contributed by atoms with Crippen LogP contribution in [0.1, 0.15) is 18.9 Å². The van der Waals surface area contributed by atoms with Gasteiger partial charge in [0.05, 0.1) is 29.4 Å². The van der Waals surface area contributed by atoms with Gasteiger partial charge >= 0.3 is 11.8 Å². The molecule has 4 heterocycles.